The lowest BCUT2D eigenvalue weighted by atomic mass is 9.85. The highest BCUT2D eigenvalue weighted by Gasteiger charge is 2.24. The summed E-state index contributed by atoms with van der Waals surface area (Å²) in [5.74, 6) is 1.79. The van der Waals surface area contributed by atoms with Gasteiger partial charge in [0, 0.05) is 24.6 Å². The molecule has 1 aromatic heterocycles. The van der Waals surface area contributed by atoms with Crippen LogP contribution in [0.25, 0.3) is 0 Å². The van der Waals surface area contributed by atoms with Crippen LogP contribution in [-0.2, 0) is 0 Å². The second-order valence-corrected chi connectivity index (χ2v) is 4.54. The maximum atomic E-state index is 9.36. The van der Waals surface area contributed by atoms with Gasteiger partial charge in [0.15, 0.2) is 0 Å². The number of nitrogens with zero attached hydrogens (tertiary/aromatic N) is 1. The molecule has 1 aliphatic rings. The molecule has 1 fully saturated rings. The predicted molar refractivity (Wildman–Crippen MR) is 67.2 cm³/mol. The fraction of sp³-hybridized carbons (Fsp3) is 0.615. The van der Waals surface area contributed by atoms with Crippen molar-refractivity contribution in [3.05, 3.63) is 18.2 Å². The molecule has 2 atom stereocenters. The highest BCUT2D eigenvalue weighted by Crippen LogP contribution is 2.26. The van der Waals surface area contributed by atoms with Crippen LogP contribution in [-0.4, -0.2) is 29.8 Å². The van der Waals surface area contributed by atoms with Crippen molar-refractivity contribution in [2.45, 2.75) is 31.7 Å². The molecule has 1 saturated carbocycles. The molecule has 1 heterocycles. The van der Waals surface area contributed by atoms with E-state index in [0.29, 0.717) is 17.8 Å². The number of nitrogens with one attached hydrogen (secondary N) is 1. The van der Waals surface area contributed by atoms with Crippen LogP contribution in [0.5, 0.6) is 5.88 Å². The number of hydrogen-bond donors (Lipinski definition) is 2. The first-order chi connectivity index (χ1) is 8.33. The lowest BCUT2D eigenvalue weighted by Gasteiger charge is -2.31. The molecule has 1 aromatic rings. The van der Waals surface area contributed by atoms with Gasteiger partial charge in [-0.25, -0.2) is 0 Å². The Balaban J connectivity index is 2.02. The Kier molecular flexibility index (Phi) is 4.20. The van der Waals surface area contributed by atoms with Crippen LogP contribution in [0.1, 0.15) is 25.7 Å². The van der Waals surface area contributed by atoms with E-state index in [1.165, 1.54) is 12.8 Å². The van der Waals surface area contributed by atoms with Crippen LogP contribution in [0.15, 0.2) is 18.2 Å². The number of methoxy groups -OCH3 is 1. The van der Waals surface area contributed by atoms with E-state index in [-0.39, 0.29) is 6.61 Å². The molecule has 0 saturated heterocycles. The molecule has 2 N–H and O–H groups in total. The van der Waals surface area contributed by atoms with E-state index in [1.54, 1.807) is 7.11 Å². The summed E-state index contributed by atoms with van der Waals surface area (Å²) in [4.78, 5) is 4.34. The average Bonchev–Trinajstić information content (AvgIpc) is 2.39. The van der Waals surface area contributed by atoms with E-state index in [4.69, 9.17) is 4.74 Å². The summed E-state index contributed by atoms with van der Waals surface area (Å²) in [6.07, 6.45) is 4.63. The van der Waals surface area contributed by atoms with E-state index < -0.39 is 0 Å². The van der Waals surface area contributed by atoms with Crippen molar-refractivity contribution in [2.75, 3.05) is 19.0 Å². The van der Waals surface area contributed by atoms with Gasteiger partial charge in [0.05, 0.1) is 7.11 Å². The zero-order valence-corrected chi connectivity index (χ0v) is 10.2. The number of aliphatic hydroxyl groups is 1. The van der Waals surface area contributed by atoms with Crippen molar-refractivity contribution in [1.29, 1.82) is 0 Å². The molecule has 4 nitrogen and oxygen atoms in total. The smallest absolute Gasteiger partial charge is 0.214 e. The van der Waals surface area contributed by atoms with Gasteiger partial charge in [-0.3, -0.25) is 0 Å². The largest absolute Gasteiger partial charge is 0.481 e. The topological polar surface area (TPSA) is 54.4 Å². The summed E-state index contributed by atoms with van der Waals surface area (Å²) in [7, 11) is 1.61. The van der Waals surface area contributed by atoms with Gasteiger partial charge in [0.2, 0.25) is 5.88 Å². The van der Waals surface area contributed by atoms with Gasteiger partial charge in [-0.1, -0.05) is 18.9 Å². The maximum absolute atomic E-state index is 9.36. The van der Waals surface area contributed by atoms with Gasteiger partial charge in [-0.2, -0.15) is 4.98 Å². The maximum Gasteiger partial charge on any atom is 0.214 e. The average molecular weight is 236 g/mol. The van der Waals surface area contributed by atoms with E-state index in [9.17, 15) is 5.11 Å². The number of ether oxygens (including phenoxy) is 1. The minimum atomic E-state index is 0.252. The summed E-state index contributed by atoms with van der Waals surface area (Å²) < 4.78 is 5.10. The second-order valence-electron chi connectivity index (χ2n) is 4.54. The Morgan fingerprint density at radius 3 is 3.00 bits per heavy atom. The molecule has 2 rings (SSSR count). The zero-order valence-electron chi connectivity index (χ0n) is 10.2. The summed E-state index contributed by atoms with van der Waals surface area (Å²) in [6.45, 7) is 0.252. The Hall–Kier alpha value is -1.29. The molecule has 0 bridgehead atoms. The van der Waals surface area contributed by atoms with Crippen LogP contribution in [0, 0.1) is 5.92 Å². The second kappa shape index (κ2) is 5.87. The summed E-state index contributed by atoms with van der Waals surface area (Å²) in [6, 6.07) is 6.01. The summed E-state index contributed by atoms with van der Waals surface area (Å²) >= 11 is 0. The molecule has 0 aliphatic heterocycles. The van der Waals surface area contributed by atoms with E-state index in [0.717, 1.165) is 18.7 Å². The van der Waals surface area contributed by atoms with Gasteiger partial charge in [0.25, 0.3) is 0 Å². The lowest BCUT2D eigenvalue weighted by Crippen LogP contribution is -2.34. The number of hydrogen-bond acceptors (Lipinski definition) is 4. The highest BCUT2D eigenvalue weighted by atomic mass is 16.5. The van der Waals surface area contributed by atoms with Crippen molar-refractivity contribution in [3.8, 4) is 5.88 Å². The van der Waals surface area contributed by atoms with Crippen LogP contribution >= 0.6 is 0 Å². The molecule has 1 aliphatic carbocycles. The van der Waals surface area contributed by atoms with Crippen LogP contribution in [0.4, 0.5) is 5.82 Å². The Bertz CT molecular complexity index is 357. The molecule has 0 radical (unpaired) electrons. The van der Waals surface area contributed by atoms with Crippen molar-refractivity contribution in [3.63, 3.8) is 0 Å². The van der Waals surface area contributed by atoms with Gasteiger partial charge >= 0.3 is 0 Å². The van der Waals surface area contributed by atoms with E-state index in [1.807, 2.05) is 18.2 Å². The van der Waals surface area contributed by atoms with Crippen LogP contribution < -0.4 is 10.1 Å². The van der Waals surface area contributed by atoms with Gasteiger partial charge in [0.1, 0.15) is 5.82 Å². The van der Waals surface area contributed by atoms with Gasteiger partial charge in [-0.05, 0) is 18.9 Å². The Morgan fingerprint density at radius 1 is 1.41 bits per heavy atom. The third-order valence-electron chi connectivity index (χ3n) is 3.41. The third-order valence-corrected chi connectivity index (χ3v) is 3.41. The molecule has 0 amide bonds. The quantitative estimate of drug-likeness (QED) is 0.840. The Labute approximate surface area is 102 Å². The first-order valence-electron chi connectivity index (χ1n) is 6.22. The molecule has 0 aromatic carbocycles. The van der Waals surface area contributed by atoms with Gasteiger partial charge < -0.3 is 15.2 Å². The number of aliphatic hydroxyl groups excluding tert-OH is 1. The summed E-state index contributed by atoms with van der Waals surface area (Å²) in [5.41, 5.74) is 0. The third kappa shape index (κ3) is 3.09. The van der Waals surface area contributed by atoms with Crippen molar-refractivity contribution < 1.29 is 9.84 Å². The van der Waals surface area contributed by atoms with Gasteiger partial charge in [-0.15, -0.1) is 0 Å². The Morgan fingerprint density at radius 2 is 2.24 bits per heavy atom. The number of aromatic nitrogens is 1. The lowest BCUT2D eigenvalue weighted by molar-refractivity contribution is 0.178. The predicted octanol–water partition coefficient (Wildman–Crippen LogP) is 2.05. The summed E-state index contributed by atoms with van der Waals surface area (Å²) in [5, 5.41) is 12.8. The molecule has 17 heavy (non-hydrogen) atoms. The van der Waals surface area contributed by atoms with Crippen molar-refractivity contribution >= 4 is 5.82 Å². The fourth-order valence-corrected chi connectivity index (χ4v) is 2.42. The molecule has 0 spiro atoms. The normalized spacial score (nSPS) is 24.4. The van der Waals surface area contributed by atoms with Crippen molar-refractivity contribution in [2.24, 2.45) is 5.92 Å². The van der Waals surface area contributed by atoms with Crippen LogP contribution in [0.3, 0.4) is 0 Å². The minimum Gasteiger partial charge on any atom is -0.481 e. The number of rotatable bonds is 4. The standard InChI is InChI=1S/C13H20N2O2/c1-17-13-8-4-7-12(15-13)14-11-6-3-2-5-10(11)9-16/h4,7-8,10-11,16H,2-3,5-6,9H2,1H3,(H,14,15). The van der Waals surface area contributed by atoms with Crippen LogP contribution in [0.2, 0.25) is 0 Å². The highest BCUT2D eigenvalue weighted by molar-refractivity contribution is 5.38. The molecule has 94 valence electrons. The fourth-order valence-electron chi connectivity index (χ4n) is 2.42. The van der Waals surface area contributed by atoms with E-state index >= 15 is 0 Å². The van der Waals surface area contributed by atoms with Crippen molar-refractivity contribution in [1.82, 2.24) is 4.98 Å². The SMILES string of the molecule is COc1cccc(NC2CCCCC2CO)n1. The monoisotopic (exact) mass is 236 g/mol. The first-order valence-corrected chi connectivity index (χ1v) is 6.22. The number of anilines is 1. The number of pyridine rings is 1. The molecular formula is C13H20N2O2. The molecular weight excluding hydrogens is 216 g/mol. The van der Waals surface area contributed by atoms with E-state index in [2.05, 4.69) is 10.3 Å². The first kappa shape index (κ1) is 12.2. The minimum absolute atomic E-state index is 0.252. The molecule has 4 heteroatoms. The molecule has 2 unspecified atom stereocenters. The zero-order chi connectivity index (χ0) is 12.1.